The Morgan fingerprint density at radius 1 is 1.50 bits per heavy atom. The Bertz CT molecular complexity index is 77.5. The quantitative estimate of drug-likeness (QED) is 0.429. The van der Waals surface area contributed by atoms with Gasteiger partial charge in [0.1, 0.15) is 0 Å². The molecule has 0 aliphatic carbocycles. The number of hydrogen-bond acceptors (Lipinski definition) is 2. The summed E-state index contributed by atoms with van der Waals surface area (Å²) in [5.74, 6) is 0. The SMILES string of the molecule is O=C(Cl)C(=O)Br. The van der Waals surface area contributed by atoms with Crippen LogP contribution >= 0.6 is 27.5 Å². The second-order valence-electron chi connectivity index (χ2n) is 0.547. The van der Waals surface area contributed by atoms with E-state index in [1.807, 2.05) is 0 Å². The van der Waals surface area contributed by atoms with E-state index in [0.29, 0.717) is 0 Å². The molecule has 0 atom stereocenters. The van der Waals surface area contributed by atoms with Gasteiger partial charge >= 0.3 is 0 Å². The highest BCUT2D eigenvalue weighted by Crippen LogP contribution is 1.88. The second-order valence-corrected chi connectivity index (χ2v) is 1.61. The first-order valence-electron chi connectivity index (χ1n) is 1.04. The highest BCUT2D eigenvalue weighted by atomic mass is 79.9. The second kappa shape index (κ2) is 2.31. The van der Waals surface area contributed by atoms with Crippen LogP contribution in [-0.4, -0.2) is 9.93 Å². The monoisotopic (exact) mass is 170 g/mol. The minimum Gasteiger partial charge on any atom is -0.276 e. The van der Waals surface area contributed by atoms with Crippen LogP contribution in [0.25, 0.3) is 0 Å². The Kier molecular flexibility index (Phi) is 2.35. The van der Waals surface area contributed by atoms with Crippen molar-refractivity contribution in [2.75, 3.05) is 0 Å². The van der Waals surface area contributed by atoms with Gasteiger partial charge in [0.05, 0.1) is 0 Å². The fourth-order valence-electron chi connectivity index (χ4n) is 0. The van der Waals surface area contributed by atoms with Gasteiger partial charge in [0.2, 0.25) is 0 Å². The number of hydrogen-bond donors (Lipinski definition) is 0. The van der Waals surface area contributed by atoms with Crippen LogP contribution in [0.1, 0.15) is 0 Å². The maximum Gasteiger partial charge on any atom is 0.299 e. The van der Waals surface area contributed by atoms with Crippen LogP contribution in [0.15, 0.2) is 0 Å². The molecule has 0 rings (SSSR count). The van der Waals surface area contributed by atoms with Crippen molar-refractivity contribution in [3.8, 4) is 0 Å². The van der Waals surface area contributed by atoms with Gasteiger partial charge in [0.15, 0.2) is 0 Å². The summed E-state index contributed by atoms with van der Waals surface area (Å²) in [5.41, 5.74) is 0. The third-order valence-electron chi connectivity index (χ3n) is 0.155. The van der Waals surface area contributed by atoms with Crippen LogP contribution in [0.5, 0.6) is 0 Å². The molecule has 0 heterocycles. The van der Waals surface area contributed by atoms with E-state index in [0.717, 1.165) is 0 Å². The van der Waals surface area contributed by atoms with Crippen molar-refractivity contribution in [1.82, 2.24) is 0 Å². The molecule has 34 valence electrons. The van der Waals surface area contributed by atoms with Crippen LogP contribution in [0.4, 0.5) is 0 Å². The van der Waals surface area contributed by atoms with Gasteiger partial charge < -0.3 is 0 Å². The average molecular weight is 171 g/mol. The smallest absolute Gasteiger partial charge is 0.276 e. The Hall–Kier alpha value is 0.110. The number of halogens is 2. The zero-order valence-electron chi connectivity index (χ0n) is 2.57. The first kappa shape index (κ1) is 6.11. The summed E-state index contributed by atoms with van der Waals surface area (Å²) in [6.07, 6.45) is 0. The summed E-state index contributed by atoms with van der Waals surface area (Å²) in [6, 6.07) is 0. The highest BCUT2D eigenvalue weighted by Gasteiger charge is 2.01. The predicted octanol–water partition coefficient (Wildman–Crippen LogP) is 0.673. The van der Waals surface area contributed by atoms with E-state index in [2.05, 4.69) is 27.5 Å². The fourth-order valence-corrected chi connectivity index (χ4v) is 0. The van der Waals surface area contributed by atoms with Gasteiger partial charge in [0, 0.05) is 15.9 Å². The first-order chi connectivity index (χ1) is 2.64. The zero-order valence-corrected chi connectivity index (χ0v) is 4.91. The lowest BCUT2D eigenvalue weighted by Gasteiger charge is -1.67. The van der Waals surface area contributed by atoms with Crippen LogP contribution in [0, 0.1) is 0 Å². The van der Waals surface area contributed by atoms with Crippen LogP contribution in [0.2, 0.25) is 0 Å². The van der Waals surface area contributed by atoms with Crippen molar-refractivity contribution in [1.29, 1.82) is 0 Å². The van der Waals surface area contributed by atoms with E-state index in [-0.39, 0.29) is 0 Å². The Morgan fingerprint density at radius 3 is 1.67 bits per heavy atom. The molecule has 4 heteroatoms. The molecule has 6 heavy (non-hydrogen) atoms. The van der Waals surface area contributed by atoms with E-state index in [4.69, 9.17) is 0 Å². The summed E-state index contributed by atoms with van der Waals surface area (Å²) in [6.45, 7) is 0. The summed E-state index contributed by atoms with van der Waals surface area (Å²) >= 11 is 6.90. The highest BCUT2D eigenvalue weighted by molar-refractivity contribution is 9.19. The van der Waals surface area contributed by atoms with Gasteiger partial charge in [-0.2, -0.15) is 0 Å². The molecular formula is C2BrClO2. The summed E-state index contributed by atoms with van der Waals surface area (Å²) in [5, 5.41) is -0.991. The van der Waals surface area contributed by atoms with E-state index >= 15 is 0 Å². The van der Waals surface area contributed by atoms with Gasteiger partial charge in [-0.05, 0) is 11.6 Å². The van der Waals surface area contributed by atoms with E-state index < -0.39 is 9.93 Å². The standard InChI is InChI=1S/C2BrClO2/c3-1(5)2(4)6. The molecule has 0 aromatic heterocycles. The molecule has 0 radical (unpaired) electrons. The molecule has 0 fully saturated rings. The number of carbonyl (C=O) groups is 2. The van der Waals surface area contributed by atoms with Crippen LogP contribution < -0.4 is 0 Å². The topological polar surface area (TPSA) is 34.1 Å². The fraction of sp³-hybridized carbons (Fsp3) is 0. The molecule has 0 aromatic rings. The molecule has 0 aliphatic rings. The number of carbonyl (C=O) groups excluding carboxylic acids is 2. The Morgan fingerprint density at radius 2 is 1.67 bits per heavy atom. The van der Waals surface area contributed by atoms with E-state index in [1.54, 1.807) is 0 Å². The molecule has 0 unspecified atom stereocenters. The lowest BCUT2D eigenvalue weighted by atomic mass is 10.9. The van der Waals surface area contributed by atoms with Crippen LogP contribution in [-0.2, 0) is 9.59 Å². The van der Waals surface area contributed by atoms with Crippen molar-refractivity contribution in [3.05, 3.63) is 0 Å². The third kappa shape index (κ3) is 2.35. The lowest BCUT2D eigenvalue weighted by molar-refractivity contribution is -0.126. The maximum absolute atomic E-state index is 9.58. The summed E-state index contributed by atoms with van der Waals surface area (Å²) in [4.78, 5) is 19.1. The van der Waals surface area contributed by atoms with Gasteiger partial charge in [-0.3, -0.25) is 9.59 Å². The van der Waals surface area contributed by atoms with Crippen molar-refractivity contribution in [2.24, 2.45) is 0 Å². The van der Waals surface area contributed by atoms with Gasteiger partial charge in [-0.15, -0.1) is 0 Å². The Balaban J connectivity index is 3.57. The molecule has 0 aromatic carbocycles. The molecule has 0 saturated carbocycles. The lowest BCUT2D eigenvalue weighted by Crippen LogP contribution is -1.93. The zero-order chi connectivity index (χ0) is 5.15. The molecule has 0 spiro atoms. The normalized spacial score (nSPS) is 7.67. The summed E-state index contributed by atoms with van der Waals surface area (Å²) < 4.78 is -0.802. The van der Waals surface area contributed by atoms with Gasteiger partial charge in [-0.1, -0.05) is 0 Å². The minimum atomic E-state index is -0.991. The van der Waals surface area contributed by atoms with Gasteiger partial charge in [0.25, 0.3) is 9.93 Å². The van der Waals surface area contributed by atoms with Crippen molar-refractivity contribution < 1.29 is 9.59 Å². The Labute approximate surface area is 47.6 Å². The number of rotatable bonds is 1. The molecule has 0 saturated heterocycles. The van der Waals surface area contributed by atoms with Gasteiger partial charge in [-0.25, -0.2) is 0 Å². The maximum atomic E-state index is 9.58. The van der Waals surface area contributed by atoms with Crippen molar-refractivity contribution in [2.45, 2.75) is 0 Å². The third-order valence-corrected chi connectivity index (χ3v) is 0.915. The largest absolute Gasteiger partial charge is 0.299 e. The van der Waals surface area contributed by atoms with Crippen molar-refractivity contribution in [3.63, 3.8) is 0 Å². The molecule has 0 aliphatic heterocycles. The van der Waals surface area contributed by atoms with Crippen molar-refractivity contribution >= 4 is 37.5 Å². The summed E-state index contributed by atoms with van der Waals surface area (Å²) in [7, 11) is 0. The van der Waals surface area contributed by atoms with E-state index in [1.165, 1.54) is 0 Å². The average Bonchev–Trinajstić information content (AvgIpc) is 1.36. The molecule has 2 nitrogen and oxygen atoms in total. The minimum absolute atomic E-state index is 0.802. The predicted molar refractivity (Wildman–Crippen MR) is 24.8 cm³/mol. The molecular weight excluding hydrogens is 171 g/mol. The molecule has 0 bridgehead atoms. The van der Waals surface area contributed by atoms with E-state index in [9.17, 15) is 9.59 Å². The van der Waals surface area contributed by atoms with Crippen LogP contribution in [0.3, 0.4) is 0 Å². The molecule has 0 N–H and O–H groups in total. The first-order valence-corrected chi connectivity index (χ1v) is 2.21. The molecule has 0 amide bonds.